The van der Waals surface area contributed by atoms with E-state index in [0.717, 1.165) is 56.4 Å². The zero-order chi connectivity index (χ0) is 18.8. The molecule has 0 radical (unpaired) electrons. The van der Waals surface area contributed by atoms with Gasteiger partial charge < -0.3 is 4.90 Å². The molecule has 4 heterocycles. The molecular formula is C23H25N5. The largest absolute Gasteiger partial charge is 0.357 e. The summed E-state index contributed by atoms with van der Waals surface area (Å²) >= 11 is 0. The molecule has 28 heavy (non-hydrogen) atoms. The lowest BCUT2D eigenvalue weighted by Crippen LogP contribution is -2.31. The number of pyridine rings is 1. The van der Waals surface area contributed by atoms with Gasteiger partial charge in [-0.2, -0.15) is 0 Å². The van der Waals surface area contributed by atoms with Gasteiger partial charge in [0.25, 0.3) is 0 Å². The summed E-state index contributed by atoms with van der Waals surface area (Å²) in [4.78, 5) is 19.0. The first-order valence-electron chi connectivity index (χ1n) is 10.2. The van der Waals surface area contributed by atoms with Gasteiger partial charge in [-0.25, -0.2) is 15.0 Å². The van der Waals surface area contributed by atoms with Gasteiger partial charge in [-0.15, -0.1) is 0 Å². The van der Waals surface area contributed by atoms with Crippen LogP contribution in [0.4, 0.5) is 5.82 Å². The van der Waals surface area contributed by atoms with Crippen molar-refractivity contribution in [2.45, 2.75) is 32.4 Å². The highest BCUT2D eigenvalue weighted by atomic mass is 15.2. The molecule has 0 bridgehead atoms. The molecule has 1 fully saturated rings. The molecule has 0 atom stereocenters. The Kier molecular flexibility index (Phi) is 4.75. The predicted molar refractivity (Wildman–Crippen MR) is 111 cm³/mol. The zero-order valence-electron chi connectivity index (χ0n) is 16.1. The fraction of sp³-hybridized carbons (Fsp3) is 0.348. The van der Waals surface area contributed by atoms with Crippen molar-refractivity contribution in [2.24, 2.45) is 0 Å². The van der Waals surface area contributed by atoms with Crippen LogP contribution >= 0.6 is 0 Å². The molecule has 2 aliphatic heterocycles. The van der Waals surface area contributed by atoms with Crippen molar-refractivity contribution in [1.82, 2.24) is 19.9 Å². The lowest BCUT2D eigenvalue weighted by atomic mass is 10.1. The Morgan fingerprint density at radius 1 is 0.857 bits per heavy atom. The number of nitrogens with zero attached hydrogens (tertiary/aromatic N) is 5. The second-order valence-electron chi connectivity index (χ2n) is 7.71. The SMILES string of the molecule is c1ccc(-c2ncc3c(n2)CCN(Cc2ccc(N4CCCC4)nc2)C3)cc1. The van der Waals surface area contributed by atoms with Crippen LogP contribution in [0.15, 0.2) is 54.9 Å². The molecule has 0 amide bonds. The summed E-state index contributed by atoms with van der Waals surface area (Å²) in [7, 11) is 0. The van der Waals surface area contributed by atoms with Gasteiger partial charge in [-0.3, -0.25) is 4.90 Å². The van der Waals surface area contributed by atoms with Crippen molar-refractivity contribution in [3.63, 3.8) is 0 Å². The maximum atomic E-state index is 4.83. The van der Waals surface area contributed by atoms with Crippen LogP contribution in [-0.4, -0.2) is 39.5 Å². The number of benzene rings is 1. The van der Waals surface area contributed by atoms with Crippen LogP contribution in [0.3, 0.4) is 0 Å². The highest BCUT2D eigenvalue weighted by Crippen LogP contribution is 2.23. The van der Waals surface area contributed by atoms with Gasteiger partial charge in [0, 0.05) is 62.7 Å². The van der Waals surface area contributed by atoms with Crippen molar-refractivity contribution in [2.75, 3.05) is 24.5 Å². The van der Waals surface area contributed by atoms with E-state index in [1.165, 1.54) is 29.7 Å². The first-order valence-corrected chi connectivity index (χ1v) is 10.2. The number of hydrogen-bond acceptors (Lipinski definition) is 5. The van der Waals surface area contributed by atoms with Gasteiger partial charge in [-0.05, 0) is 24.5 Å². The van der Waals surface area contributed by atoms with Crippen LogP contribution in [0.5, 0.6) is 0 Å². The van der Waals surface area contributed by atoms with Crippen LogP contribution in [0, 0.1) is 0 Å². The van der Waals surface area contributed by atoms with Crippen LogP contribution in [0.25, 0.3) is 11.4 Å². The Bertz CT molecular complexity index is 933. The number of fused-ring (bicyclic) bond motifs is 1. The minimum atomic E-state index is 0.828. The van der Waals surface area contributed by atoms with E-state index < -0.39 is 0 Å². The average molecular weight is 371 g/mol. The van der Waals surface area contributed by atoms with Crippen LogP contribution in [0.1, 0.15) is 29.7 Å². The summed E-state index contributed by atoms with van der Waals surface area (Å²) < 4.78 is 0. The van der Waals surface area contributed by atoms with Gasteiger partial charge in [0.2, 0.25) is 0 Å². The summed E-state index contributed by atoms with van der Waals surface area (Å²) in [5.74, 6) is 1.95. The molecule has 0 unspecified atom stereocenters. The fourth-order valence-electron chi connectivity index (χ4n) is 4.14. The van der Waals surface area contributed by atoms with Gasteiger partial charge >= 0.3 is 0 Å². The monoisotopic (exact) mass is 371 g/mol. The first kappa shape index (κ1) is 17.3. The molecule has 1 aromatic carbocycles. The van der Waals surface area contributed by atoms with E-state index in [4.69, 9.17) is 9.97 Å². The second kappa shape index (κ2) is 7.68. The summed E-state index contributed by atoms with van der Waals surface area (Å²) in [5, 5.41) is 0. The van der Waals surface area contributed by atoms with Crippen LogP contribution in [-0.2, 0) is 19.5 Å². The normalized spacial score (nSPS) is 16.9. The van der Waals surface area contributed by atoms with Crippen LogP contribution < -0.4 is 4.90 Å². The highest BCUT2D eigenvalue weighted by Gasteiger charge is 2.19. The second-order valence-corrected chi connectivity index (χ2v) is 7.71. The molecule has 0 aliphatic carbocycles. The van der Waals surface area contributed by atoms with Crippen molar-refractivity contribution < 1.29 is 0 Å². The van der Waals surface area contributed by atoms with E-state index in [-0.39, 0.29) is 0 Å². The Hall–Kier alpha value is -2.79. The molecule has 0 N–H and O–H groups in total. The third-order valence-electron chi connectivity index (χ3n) is 5.69. The molecule has 2 aliphatic rings. The Balaban J connectivity index is 1.26. The molecule has 2 aromatic heterocycles. The van der Waals surface area contributed by atoms with Gasteiger partial charge in [-0.1, -0.05) is 36.4 Å². The third-order valence-corrected chi connectivity index (χ3v) is 5.69. The topological polar surface area (TPSA) is 45.2 Å². The van der Waals surface area contributed by atoms with E-state index >= 15 is 0 Å². The van der Waals surface area contributed by atoms with Crippen molar-refractivity contribution in [1.29, 1.82) is 0 Å². The molecule has 1 saturated heterocycles. The number of rotatable bonds is 4. The Morgan fingerprint density at radius 2 is 1.71 bits per heavy atom. The number of anilines is 1. The quantitative estimate of drug-likeness (QED) is 0.700. The molecule has 142 valence electrons. The van der Waals surface area contributed by atoms with Gasteiger partial charge in [0.1, 0.15) is 5.82 Å². The minimum absolute atomic E-state index is 0.828. The van der Waals surface area contributed by atoms with Gasteiger partial charge in [0.05, 0.1) is 5.69 Å². The first-order chi connectivity index (χ1) is 13.8. The maximum absolute atomic E-state index is 4.83. The van der Waals surface area contributed by atoms with Crippen molar-refractivity contribution in [3.8, 4) is 11.4 Å². The van der Waals surface area contributed by atoms with Gasteiger partial charge in [0.15, 0.2) is 5.82 Å². The Labute approximate surface area is 166 Å². The summed E-state index contributed by atoms with van der Waals surface area (Å²) in [6.45, 7) is 5.12. The fourth-order valence-corrected chi connectivity index (χ4v) is 4.14. The van der Waals surface area contributed by atoms with E-state index in [1.807, 2.05) is 30.6 Å². The number of aromatic nitrogens is 3. The molecule has 5 heteroatoms. The smallest absolute Gasteiger partial charge is 0.159 e. The molecule has 5 nitrogen and oxygen atoms in total. The summed E-state index contributed by atoms with van der Waals surface area (Å²) in [6.07, 6.45) is 7.58. The van der Waals surface area contributed by atoms with Crippen molar-refractivity contribution in [3.05, 3.63) is 71.7 Å². The molecule has 5 rings (SSSR count). The molecule has 3 aromatic rings. The summed E-state index contributed by atoms with van der Waals surface area (Å²) in [6, 6.07) is 14.6. The predicted octanol–water partition coefficient (Wildman–Crippen LogP) is 3.70. The molecular weight excluding hydrogens is 346 g/mol. The van der Waals surface area contributed by atoms with E-state index in [9.17, 15) is 0 Å². The maximum Gasteiger partial charge on any atom is 0.159 e. The van der Waals surface area contributed by atoms with Crippen molar-refractivity contribution >= 4 is 5.82 Å². The zero-order valence-corrected chi connectivity index (χ0v) is 16.1. The Morgan fingerprint density at radius 3 is 2.50 bits per heavy atom. The highest BCUT2D eigenvalue weighted by molar-refractivity contribution is 5.54. The third kappa shape index (κ3) is 3.62. The van der Waals surface area contributed by atoms with E-state index in [1.54, 1.807) is 0 Å². The van der Waals surface area contributed by atoms with E-state index in [2.05, 4.69) is 39.0 Å². The number of hydrogen-bond donors (Lipinski definition) is 0. The molecule has 0 saturated carbocycles. The van der Waals surface area contributed by atoms with E-state index in [0.29, 0.717) is 0 Å². The lowest BCUT2D eigenvalue weighted by Gasteiger charge is -2.28. The van der Waals surface area contributed by atoms with Crippen LogP contribution in [0.2, 0.25) is 0 Å². The lowest BCUT2D eigenvalue weighted by molar-refractivity contribution is 0.242. The standard InChI is InChI=1S/C23H25N5/c1-2-6-19(7-3-1)23-25-15-20-17-27(13-10-21(20)26-23)16-18-8-9-22(24-14-18)28-11-4-5-12-28/h1-3,6-9,14-15H,4-5,10-13,16-17H2. The summed E-state index contributed by atoms with van der Waals surface area (Å²) in [5.41, 5.74) is 4.78. The minimum Gasteiger partial charge on any atom is -0.357 e. The molecule has 0 spiro atoms. The average Bonchev–Trinajstić information content (AvgIpc) is 3.29.